The molecule has 0 bridgehead atoms. The number of hydrogen-bond acceptors (Lipinski definition) is 2. The van der Waals surface area contributed by atoms with E-state index in [4.69, 9.17) is 5.73 Å². The van der Waals surface area contributed by atoms with E-state index in [9.17, 15) is 4.79 Å². The smallest absolute Gasteiger partial charge is 0.255 e. The van der Waals surface area contributed by atoms with Crippen molar-refractivity contribution in [1.29, 1.82) is 0 Å². The zero-order chi connectivity index (χ0) is 13.1. The predicted molar refractivity (Wildman–Crippen MR) is 74.8 cm³/mol. The molecule has 0 aromatic carbocycles. The molecule has 0 atom stereocenters. The molecule has 100 valence electrons. The van der Waals surface area contributed by atoms with Crippen LogP contribution in [0.5, 0.6) is 0 Å². The predicted octanol–water partition coefficient (Wildman–Crippen LogP) is 2.94. The number of hydrogen-bond donors (Lipinski definition) is 1. The van der Waals surface area contributed by atoms with Crippen LogP contribution in [-0.2, 0) is 6.54 Å². The Balaban J connectivity index is 2.49. The van der Waals surface area contributed by atoms with Gasteiger partial charge in [0, 0.05) is 23.8 Å². The van der Waals surface area contributed by atoms with Crippen LogP contribution in [0.15, 0.2) is 16.9 Å². The maximum Gasteiger partial charge on any atom is 0.255 e. The number of nitrogens with zero attached hydrogens (tertiary/aromatic N) is 1. The van der Waals surface area contributed by atoms with E-state index in [1.54, 1.807) is 0 Å². The Kier molecular flexibility index (Phi) is 4.23. The van der Waals surface area contributed by atoms with E-state index < -0.39 is 0 Å². The van der Waals surface area contributed by atoms with E-state index in [2.05, 4.69) is 19.9 Å². The Bertz CT molecular complexity index is 456. The maximum atomic E-state index is 12.5. The quantitative estimate of drug-likeness (QED) is 0.894. The average Bonchev–Trinajstić information content (AvgIpc) is 2.39. The molecular formula is C15H24N2O. The molecule has 0 amide bonds. The minimum Gasteiger partial charge on any atom is -0.326 e. The molecular weight excluding hydrogens is 224 g/mol. The first-order chi connectivity index (χ1) is 8.65. The van der Waals surface area contributed by atoms with Gasteiger partial charge >= 0.3 is 0 Å². The Morgan fingerprint density at radius 3 is 2.50 bits per heavy atom. The van der Waals surface area contributed by atoms with Gasteiger partial charge in [0.1, 0.15) is 0 Å². The van der Waals surface area contributed by atoms with E-state index in [1.165, 1.54) is 19.3 Å². The van der Waals surface area contributed by atoms with Crippen molar-refractivity contribution >= 4 is 0 Å². The SMILES string of the molecule is CC(C)c1ccc(CN)c(=O)n1C1CCCCC1. The molecule has 1 aromatic heterocycles. The third kappa shape index (κ3) is 2.51. The first-order valence-corrected chi connectivity index (χ1v) is 7.09. The lowest BCUT2D eigenvalue weighted by atomic mass is 9.93. The Hall–Kier alpha value is -1.09. The summed E-state index contributed by atoms with van der Waals surface area (Å²) in [7, 11) is 0. The summed E-state index contributed by atoms with van der Waals surface area (Å²) in [5, 5.41) is 0. The second-order valence-corrected chi connectivity index (χ2v) is 5.61. The Labute approximate surface area is 109 Å². The second-order valence-electron chi connectivity index (χ2n) is 5.61. The zero-order valence-corrected chi connectivity index (χ0v) is 11.5. The number of pyridine rings is 1. The van der Waals surface area contributed by atoms with Gasteiger partial charge in [0.25, 0.3) is 5.56 Å². The maximum absolute atomic E-state index is 12.5. The van der Waals surface area contributed by atoms with E-state index in [-0.39, 0.29) is 5.56 Å². The van der Waals surface area contributed by atoms with Crippen LogP contribution in [0.1, 0.15) is 69.2 Å². The Morgan fingerprint density at radius 2 is 1.94 bits per heavy atom. The van der Waals surface area contributed by atoms with Crippen LogP contribution in [-0.4, -0.2) is 4.57 Å². The van der Waals surface area contributed by atoms with Gasteiger partial charge < -0.3 is 10.3 Å². The van der Waals surface area contributed by atoms with Crippen LogP contribution in [0.2, 0.25) is 0 Å². The lowest BCUT2D eigenvalue weighted by Crippen LogP contribution is -2.32. The summed E-state index contributed by atoms with van der Waals surface area (Å²) in [4.78, 5) is 12.5. The van der Waals surface area contributed by atoms with Crippen LogP contribution in [0, 0.1) is 0 Å². The molecule has 3 heteroatoms. The van der Waals surface area contributed by atoms with Gasteiger partial charge in [-0.1, -0.05) is 39.2 Å². The van der Waals surface area contributed by atoms with Crippen LogP contribution < -0.4 is 11.3 Å². The van der Waals surface area contributed by atoms with Crippen LogP contribution in [0.25, 0.3) is 0 Å². The van der Waals surface area contributed by atoms with E-state index in [0.717, 1.165) is 24.1 Å². The minimum atomic E-state index is 0.135. The van der Waals surface area contributed by atoms with E-state index in [1.807, 2.05) is 10.6 Å². The highest BCUT2D eigenvalue weighted by atomic mass is 16.1. The molecule has 3 nitrogen and oxygen atoms in total. The second kappa shape index (κ2) is 5.70. The van der Waals surface area contributed by atoms with Gasteiger partial charge in [-0.15, -0.1) is 0 Å². The molecule has 2 N–H and O–H groups in total. The summed E-state index contributed by atoms with van der Waals surface area (Å²) < 4.78 is 2.03. The summed E-state index contributed by atoms with van der Waals surface area (Å²) in [5.74, 6) is 0.381. The van der Waals surface area contributed by atoms with Gasteiger partial charge in [-0.2, -0.15) is 0 Å². The standard InChI is InChI=1S/C15H24N2O/c1-11(2)14-9-8-12(10-16)15(18)17(14)13-6-4-3-5-7-13/h8-9,11,13H,3-7,10,16H2,1-2H3. The summed E-state index contributed by atoms with van der Waals surface area (Å²) in [5.41, 5.74) is 7.69. The fraction of sp³-hybridized carbons (Fsp3) is 0.667. The summed E-state index contributed by atoms with van der Waals surface area (Å²) >= 11 is 0. The molecule has 0 radical (unpaired) electrons. The molecule has 0 aliphatic heterocycles. The largest absolute Gasteiger partial charge is 0.326 e. The van der Waals surface area contributed by atoms with Gasteiger partial charge in [0.05, 0.1) is 0 Å². The first kappa shape index (κ1) is 13.3. The van der Waals surface area contributed by atoms with Crippen molar-refractivity contribution in [3.05, 3.63) is 33.7 Å². The van der Waals surface area contributed by atoms with Crippen molar-refractivity contribution in [1.82, 2.24) is 4.57 Å². The topological polar surface area (TPSA) is 48.0 Å². The van der Waals surface area contributed by atoms with Crippen LogP contribution in [0.4, 0.5) is 0 Å². The third-order valence-corrected chi connectivity index (χ3v) is 3.98. The van der Waals surface area contributed by atoms with Crippen molar-refractivity contribution in [2.45, 2.75) is 64.5 Å². The normalized spacial score (nSPS) is 17.3. The molecule has 1 aliphatic rings. The lowest BCUT2D eigenvalue weighted by Gasteiger charge is -2.28. The molecule has 1 fully saturated rings. The van der Waals surface area contributed by atoms with Crippen molar-refractivity contribution in [2.24, 2.45) is 5.73 Å². The molecule has 0 spiro atoms. The number of nitrogens with two attached hydrogens (primary N) is 1. The third-order valence-electron chi connectivity index (χ3n) is 3.98. The molecule has 0 unspecified atom stereocenters. The number of aromatic nitrogens is 1. The molecule has 18 heavy (non-hydrogen) atoms. The van der Waals surface area contributed by atoms with Gasteiger partial charge in [-0.05, 0) is 24.8 Å². The molecule has 1 aromatic rings. The summed E-state index contributed by atoms with van der Waals surface area (Å²) in [6, 6.07) is 4.37. The highest BCUT2D eigenvalue weighted by Gasteiger charge is 2.21. The van der Waals surface area contributed by atoms with Crippen molar-refractivity contribution < 1.29 is 0 Å². The van der Waals surface area contributed by atoms with Gasteiger partial charge in [-0.3, -0.25) is 4.79 Å². The van der Waals surface area contributed by atoms with Gasteiger partial charge in [-0.25, -0.2) is 0 Å². The lowest BCUT2D eigenvalue weighted by molar-refractivity contribution is 0.335. The molecule has 1 heterocycles. The molecule has 2 rings (SSSR count). The van der Waals surface area contributed by atoms with Gasteiger partial charge in [0.15, 0.2) is 0 Å². The van der Waals surface area contributed by atoms with Crippen LogP contribution in [0.3, 0.4) is 0 Å². The van der Waals surface area contributed by atoms with E-state index >= 15 is 0 Å². The van der Waals surface area contributed by atoms with Crippen LogP contribution >= 0.6 is 0 Å². The monoisotopic (exact) mass is 248 g/mol. The fourth-order valence-electron chi connectivity index (χ4n) is 2.95. The summed E-state index contributed by atoms with van der Waals surface area (Å²) in [6.45, 7) is 4.64. The van der Waals surface area contributed by atoms with Crippen molar-refractivity contribution in [2.75, 3.05) is 0 Å². The highest BCUT2D eigenvalue weighted by Crippen LogP contribution is 2.29. The summed E-state index contributed by atoms with van der Waals surface area (Å²) in [6.07, 6.45) is 6.04. The first-order valence-electron chi connectivity index (χ1n) is 7.09. The highest BCUT2D eigenvalue weighted by molar-refractivity contribution is 5.19. The molecule has 0 saturated heterocycles. The molecule has 1 saturated carbocycles. The number of rotatable bonds is 3. The van der Waals surface area contributed by atoms with Crippen molar-refractivity contribution in [3.63, 3.8) is 0 Å². The van der Waals surface area contributed by atoms with Crippen molar-refractivity contribution in [3.8, 4) is 0 Å². The van der Waals surface area contributed by atoms with Gasteiger partial charge in [0.2, 0.25) is 0 Å². The average molecular weight is 248 g/mol. The Morgan fingerprint density at radius 1 is 1.28 bits per heavy atom. The molecule has 1 aliphatic carbocycles. The van der Waals surface area contributed by atoms with E-state index in [0.29, 0.717) is 18.5 Å². The minimum absolute atomic E-state index is 0.135. The zero-order valence-electron chi connectivity index (χ0n) is 11.5. The fourth-order valence-corrected chi connectivity index (χ4v) is 2.95.